The predicted molar refractivity (Wildman–Crippen MR) is 46.5 cm³/mol. The lowest BCUT2D eigenvalue weighted by atomic mass is 10.2. The van der Waals surface area contributed by atoms with Crippen molar-refractivity contribution in [2.45, 2.75) is 20.4 Å². The van der Waals surface area contributed by atoms with Crippen LogP contribution in [-0.4, -0.2) is 10.9 Å². The van der Waals surface area contributed by atoms with Crippen molar-refractivity contribution >= 4 is 5.91 Å². The maximum Gasteiger partial charge on any atom is 0.217 e. The summed E-state index contributed by atoms with van der Waals surface area (Å²) in [5.41, 5.74) is 2.05. The maximum absolute atomic E-state index is 10.6. The number of rotatable bonds is 2. The molecule has 1 rings (SSSR count). The van der Waals surface area contributed by atoms with Gasteiger partial charge in [-0.2, -0.15) is 0 Å². The van der Waals surface area contributed by atoms with Crippen LogP contribution in [0.5, 0.6) is 0 Å². The topological polar surface area (TPSA) is 42.0 Å². The Kier molecular flexibility index (Phi) is 2.80. The molecule has 1 amide bonds. The number of carbonyl (C=O) groups is 1. The van der Waals surface area contributed by atoms with E-state index in [0.29, 0.717) is 6.54 Å². The Morgan fingerprint density at radius 3 is 3.00 bits per heavy atom. The Morgan fingerprint density at radius 1 is 1.67 bits per heavy atom. The highest BCUT2D eigenvalue weighted by molar-refractivity contribution is 5.72. The summed E-state index contributed by atoms with van der Waals surface area (Å²) in [6.07, 6.45) is 1.74. The van der Waals surface area contributed by atoms with Crippen molar-refractivity contribution in [3.63, 3.8) is 0 Å². The van der Waals surface area contributed by atoms with Crippen molar-refractivity contribution in [3.05, 3.63) is 29.6 Å². The lowest BCUT2D eigenvalue weighted by molar-refractivity contribution is -0.119. The van der Waals surface area contributed by atoms with Crippen LogP contribution < -0.4 is 5.32 Å². The second-order valence-electron chi connectivity index (χ2n) is 2.72. The summed E-state index contributed by atoms with van der Waals surface area (Å²) in [6, 6.07) is 3.85. The number of aryl methyl sites for hydroxylation is 1. The minimum absolute atomic E-state index is 0.00975. The van der Waals surface area contributed by atoms with E-state index in [0.717, 1.165) is 11.3 Å². The Morgan fingerprint density at radius 2 is 2.42 bits per heavy atom. The van der Waals surface area contributed by atoms with E-state index in [2.05, 4.69) is 10.3 Å². The summed E-state index contributed by atoms with van der Waals surface area (Å²) in [7, 11) is 0. The molecule has 0 aliphatic rings. The summed E-state index contributed by atoms with van der Waals surface area (Å²) < 4.78 is 0. The summed E-state index contributed by atoms with van der Waals surface area (Å²) >= 11 is 0. The molecule has 0 radical (unpaired) electrons. The van der Waals surface area contributed by atoms with Crippen LogP contribution in [0, 0.1) is 6.92 Å². The molecule has 3 nitrogen and oxygen atoms in total. The Balaban J connectivity index is 2.57. The summed E-state index contributed by atoms with van der Waals surface area (Å²) in [5, 5.41) is 2.72. The summed E-state index contributed by atoms with van der Waals surface area (Å²) in [6.45, 7) is 4.02. The highest BCUT2D eigenvalue weighted by Gasteiger charge is 1.94. The van der Waals surface area contributed by atoms with Crippen LogP contribution in [0.15, 0.2) is 18.3 Å². The first-order valence-electron chi connectivity index (χ1n) is 3.84. The molecule has 0 aliphatic heterocycles. The maximum atomic E-state index is 10.6. The van der Waals surface area contributed by atoms with Gasteiger partial charge in [0.2, 0.25) is 5.91 Å². The van der Waals surface area contributed by atoms with Gasteiger partial charge >= 0.3 is 0 Å². The molecule has 64 valence electrons. The smallest absolute Gasteiger partial charge is 0.217 e. The van der Waals surface area contributed by atoms with Gasteiger partial charge in [0.05, 0.1) is 0 Å². The first-order chi connectivity index (χ1) is 5.68. The van der Waals surface area contributed by atoms with Gasteiger partial charge in [-0.15, -0.1) is 0 Å². The van der Waals surface area contributed by atoms with Crippen LogP contribution >= 0.6 is 0 Å². The van der Waals surface area contributed by atoms with Gasteiger partial charge in [-0.25, -0.2) is 0 Å². The number of carbonyl (C=O) groups excluding carboxylic acids is 1. The van der Waals surface area contributed by atoms with Gasteiger partial charge in [0, 0.05) is 25.4 Å². The molecule has 0 spiro atoms. The molecular weight excluding hydrogens is 152 g/mol. The zero-order valence-electron chi connectivity index (χ0n) is 7.29. The highest BCUT2D eigenvalue weighted by Crippen LogP contribution is 1.99. The molecule has 1 N–H and O–H groups in total. The minimum Gasteiger partial charge on any atom is -0.352 e. The molecule has 0 unspecified atom stereocenters. The number of amides is 1. The van der Waals surface area contributed by atoms with E-state index < -0.39 is 0 Å². The third kappa shape index (κ3) is 2.70. The van der Waals surface area contributed by atoms with Crippen LogP contribution in [0.1, 0.15) is 18.2 Å². The Labute approximate surface area is 71.8 Å². The zero-order chi connectivity index (χ0) is 8.97. The fraction of sp³-hybridized carbons (Fsp3) is 0.333. The molecule has 0 bridgehead atoms. The van der Waals surface area contributed by atoms with Crippen LogP contribution in [0.25, 0.3) is 0 Å². The van der Waals surface area contributed by atoms with Crippen molar-refractivity contribution in [2.75, 3.05) is 0 Å². The largest absolute Gasteiger partial charge is 0.352 e. The summed E-state index contributed by atoms with van der Waals surface area (Å²) in [5.74, 6) is -0.00975. The second-order valence-corrected chi connectivity index (χ2v) is 2.72. The normalized spacial score (nSPS) is 9.50. The van der Waals surface area contributed by atoms with Gasteiger partial charge in [0.25, 0.3) is 0 Å². The van der Waals surface area contributed by atoms with Crippen LogP contribution in [0.4, 0.5) is 0 Å². The molecule has 1 aromatic heterocycles. The molecule has 0 saturated heterocycles. The number of hydrogen-bond donors (Lipinski definition) is 1. The molecule has 0 fully saturated rings. The van der Waals surface area contributed by atoms with E-state index in [1.165, 1.54) is 6.92 Å². The Bertz CT molecular complexity index is 284. The molecule has 3 heteroatoms. The molecule has 1 aromatic rings. The standard InChI is InChI=1S/C9H12N2O/c1-7-5-9(3-4-10-7)6-11-8(2)12/h3-5H,6H2,1-2H3,(H,11,12). The van der Waals surface area contributed by atoms with Gasteiger partial charge in [-0.3, -0.25) is 9.78 Å². The third-order valence-electron chi connectivity index (χ3n) is 1.50. The molecule has 0 saturated carbocycles. The van der Waals surface area contributed by atoms with Gasteiger partial charge in [-0.05, 0) is 24.6 Å². The van der Waals surface area contributed by atoms with E-state index in [1.807, 2.05) is 19.1 Å². The van der Waals surface area contributed by atoms with Gasteiger partial charge < -0.3 is 5.32 Å². The third-order valence-corrected chi connectivity index (χ3v) is 1.50. The van der Waals surface area contributed by atoms with Crippen LogP contribution in [-0.2, 0) is 11.3 Å². The van der Waals surface area contributed by atoms with E-state index >= 15 is 0 Å². The molecule has 1 heterocycles. The van der Waals surface area contributed by atoms with Crippen LogP contribution in [0.2, 0.25) is 0 Å². The number of nitrogens with one attached hydrogen (secondary N) is 1. The second kappa shape index (κ2) is 3.85. The zero-order valence-corrected chi connectivity index (χ0v) is 7.29. The average Bonchev–Trinajstić information content (AvgIpc) is 2.01. The van der Waals surface area contributed by atoms with Gasteiger partial charge in [0.1, 0.15) is 0 Å². The van der Waals surface area contributed by atoms with Gasteiger partial charge in [0.15, 0.2) is 0 Å². The minimum atomic E-state index is -0.00975. The number of pyridine rings is 1. The van der Waals surface area contributed by atoms with Crippen molar-refractivity contribution in [1.82, 2.24) is 10.3 Å². The lowest BCUT2D eigenvalue weighted by Gasteiger charge is -2.01. The quantitative estimate of drug-likeness (QED) is 0.709. The number of hydrogen-bond acceptors (Lipinski definition) is 2. The van der Waals surface area contributed by atoms with E-state index in [-0.39, 0.29) is 5.91 Å². The molecule has 0 aliphatic carbocycles. The first kappa shape index (κ1) is 8.71. The van der Waals surface area contributed by atoms with Crippen molar-refractivity contribution in [1.29, 1.82) is 0 Å². The van der Waals surface area contributed by atoms with Crippen molar-refractivity contribution < 1.29 is 4.79 Å². The predicted octanol–water partition coefficient (Wildman–Crippen LogP) is 1.03. The number of aromatic nitrogens is 1. The monoisotopic (exact) mass is 164 g/mol. The van der Waals surface area contributed by atoms with Crippen molar-refractivity contribution in [2.24, 2.45) is 0 Å². The summed E-state index contributed by atoms with van der Waals surface area (Å²) in [4.78, 5) is 14.6. The van der Waals surface area contributed by atoms with E-state index in [9.17, 15) is 4.79 Å². The fourth-order valence-electron chi connectivity index (χ4n) is 0.941. The average molecular weight is 164 g/mol. The first-order valence-corrected chi connectivity index (χ1v) is 3.84. The molecule has 12 heavy (non-hydrogen) atoms. The highest BCUT2D eigenvalue weighted by atomic mass is 16.1. The fourth-order valence-corrected chi connectivity index (χ4v) is 0.941. The molecular formula is C9H12N2O. The molecule has 0 atom stereocenters. The van der Waals surface area contributed by atoms with Gasteiger partial charge in [-0.1, -0.05) is 0 Å². The Hall–Kier alpha value is -1.38. The molecule has 0 aromatic carbocycles. The van der Waals surface area contributed by atoms with E-state index in [1.54, 1.807) is 6.20 Å². The number of nitrogens with zero attached hydrogens (tertiary/aromatic N) is 1. The lowest BCUT2D eigenvalue weighted by Crippen LogP contribution is -2.18. The SMILES string of the molecule is CC(=O)NCc1ccnc(C)c1. The van der Waals surface area contributed by atoms with Crippen LogP contribution in [0.3, 0.4) is 0 Å². The van der Waals surface area contributed by atoms with Crippen molar-refractivity contribution in [3.8, 4) is 0 Å². The van der Waals surface area contributed by atoms with E-state index in [4.69, 9.17) is 0 Å².